The van der Waals surface area contributed by atoms with Crippen LogP contribution in [0.1, 0.15) is 46.6 Å². The fraction of sp³-hybridized carbons (Fsp3) is 0.700. The zero-order valence-corrected chi connectivity index (χ0v) is 17.7. The van der Waals surface area contributed by atoms with Crippen molar-refractivity contribution in [3.8, 4) is 0 Å². The van der Waals surface area contributed by atoms with E-state index in [0.717, 1.165) is 43.4 Å². The lowest BCUT2D eigenvalue weighted by molar-refractivity contribution is 0.173. The fourth-order valence-electron chi connectivity index (χ4n) is 2.90. The number of hydrogen-bond acceptors (Lipinski definition) is 4. The number of pyridine rings is 1. The number of aromatic nitrogens is 1. The van der Waals surface area contributed by atoms with Crippen LogP contribution in [0.5, 0.6) is 0 Å². The van der Waals surface area contributed by atoms with Crippen molar-refractivity contribution >= 4 is 11.8 Å². The van der Waals surface area contributed by atoms with E-state index in [4.69, 9.17) is 4.99 Å². The molecule has 0 unspecified atom stereocenters. The third-order valence-corrected chi connectivity index (χ3v) is 4.24. The van der Waals surface area contributed by atoms with Crippen LogP contribution in [0.4, 0.5) is 5.82 Å². The summed E-state index contributed by atoms with van der Waals surface area (Å²) < 4.78 is 0. The van der Waals surface area contributed by atoms with Crippen LogP contribution in [-0.2, 0) is 6.54 Å². The van der Waals surface area contributed by atoms with E-state index in [1.165, 1.54) is 0 Å². The predicted octanol–water partition coefficient (Wildman–Crippen LogP) is 2.71. The van der Waals surface area contributed by atoms with Crippen molar-refractivity contribution < 1.29 is 0 Å². The minimum absolute atomic E-state index is 0.578. The average Bonchev–Trinajstić information content (AvgIpc) is 2.58. The van der Waals surface area contributed by atoms with E-state index in [9.17, 15) is 0 Å². The van der Waals surface area contributed by atoms with Crippen LogP contribution < -0.4 is 15.5 Å². The minimum Gasteiger partial charge on any atom is -0.363 e. The van der Waals surface area contributed by atoms with Gasteiger partial charge in [0, 0.05) is 52.0 Å². The van der Waals surface area contributed by atoms with Crippen LogP contribution in [0.3, 0.4) is 0 Å². The summed E-state index contributed by atoms with van der Waals surface area (Å²) in [6, 6.07) is 5.25. The summed E-state index contributed by atoms with van der Waals surface area (Å²) in [7, 11) is 4.00. The van der Waals surface area contributed by atoms with Crippen molar-refractivity contribution in [3.05, 3.63) is 23.9 Å². The van der Waals surface area contributed by atoms with Gasteiger partial charge >= 0.3 is 0 Å². The van der Waals surface area contributed by atoms with Crippen LogP contribution in [0.2, 0.25) is 0 Å². The number of rotatable bonds is 10. The third-order valence-electron chi connectivity index (χ3n) is 4.24. The molecule has 0 amide bonds. The van der Waals surface area contributed by atoms with Gasteiger partial charge in [0.15, 0.2) is 5.96 Å². The molecule has 0 spiro atoms. The molecule has 6 nitrogen and oxygen atoms in total. The molecule has 6 heteroatoms. The molecular formula is C20H38N6. The lowest BCUT2D eigenvalue weighted by Gasteiger charge is -2.30. The first-order chi connectivity index (χ1) is 12.3. The second-order valence-corrected chi connectivity index (χ2v) is 7.32. The molecule has 1 aromatic heterocycles. The molecule has 0 bridgehead atoms. The van der Waals surface area contributed by atoms with Gasteiger partial charge in [-0.1, -0.05) is 0 Å². The summed E-state index contributed by atoms with van der Waals surface area (Å²) in [4.78, 5) is 13.6. The van der Waals surface area contributed by atoms with Crippen LogP contribution in [0.15, 0.2) is 23.3 Å². The Kier molecular flexibility index (Phi) is 10.0. The fourth-order valence-corrected chi connectivity index (χ4v) is 2.90. The molecule has 1 aromatic rings. The highest BCUT2D eigenvalue weighted by molar-refractivity contribution is 5.79. The first-order valence-electron chi connectivity index (χ1n) is 9.75. The molecule has 1 rings (SSSR count). The van der Waals surface area contributed by atoms with Gasteiger partial charge in [0.05, 0.1) is 6.54 Å². The number of nitrogens with one attached hydrogen (secondary N) is 2. The molecule has 0 fully saturated rings. The van der Waals surface area contributed by atoms with Gasteiger partial charge in [-0.3, -0.25) is 4.90 Å². The van der Waals surface area contributed by atoms with E-state index in [1.807, 2.05) is 31.3 Å². The Morgan fingerprint density at radius 1 is 1.15 bits per heavy atom. The van der Waals surface area contributed by atoms with Crippen molar-refractivity contribution in [1.82, 2.24) is 20.5 Å². The zero-order chi connectivity index (χ0) is 19.5. The number of anilines is 1. The van der Waals surface area contributed by atoms with Gasteiger partial charge in [0.25, 0.3) is 0 Å². The predicted molar refractivity (Wildman–Crippen MR) is 113 cm³/mol. The summed E-state index contributed by atoms with van der Waals surface area (Å²) in [6.07, 6.45) is 2.94. The van der Waals surface area contributed by atoms with Gasteiger partial charge in [-0.25, -0.2) is 9.98 Å². The van der Waals surface area contributed by atoms with Crippen LogP contribution in [0.25, 0.3) is 0 Å². The van der Waals surface area contributed by atoms with E-state index in [0.29, 0.717) is 18.6 Å². The highest BCUT2D eigenvalue weighted by atomic mass is 15.2. The zero-order valence-electron chi connectivity index (χ0n) is 17.7. The monoisotopic (exact) mass is 362 g/mol. The number of guanidine groups is 1. The first kappa shape index (κ1) is 22.2. The molecule has 0 radical (unpaired) electrons. The summed E-state index contributed by atoms with van der Waals surface area (Å²) in [5.74, 6) is 1.83. The van der Waals surface area contributed by atoms with E-state index < -0.39 is 0 Å². The van der Waals surface area contributed by atoms with Gasteiger partial charge in [-0.2, -0.15) is 0 Å². The topological polar surface area (TPSA) is 55.8 Å². The molecule has 0 atom stereocenters. The molecule has 0 saturated heterocycles. The van der Waals surface area contributed by atoms with E-state index in [1.54, 1.807) is 0 Å². The summed E-state index contributed by atoms with van der Waals surface area (Å²) >= 11 is 0. The summed E-state index contributed by atoms with van der Waals surface area (Å²) in [5.41, 5.74) is 1.16. The van der Waals surface area contributed by atoms with Crippen LogP contribution >= 0.6 is 0 Å². The summed E-state index contributed by atoms with van der Waals surface area (Å²) in [6.45, 7) is 14.6. The Labute approximate surface area is 160 Å². The Balaban J connectivity index is 2.54. The Bertz CT molecular complexity index is 531. The quantitative estimate of drug-likeness (QED) is 0.381. The van der Waals surface area contributed by atoms with Crippen molar-refractivity contribution in [3.63, 3.8) is 0 Å². The second-order valence-electron chi connectivity index (χ2n) is 7.32. The molecule has 26 heavy (non-hydrogen) atoms. The van der Waals surface area contributed by atoms with Gasteiger partial charge in [0.2, 0.25) is 0 Å². The minimum atomic E-state index is 0.578. The molecule has 148 valence electrons. The maximum Gasteiger partial charge on any atom is 0.191 e. The second kappa shape index (κ2) is 11.7. The normalized spacial score (nSPS) is 12.2. The van der Waals surface area contributed by atoms with Gasteiger partial charge in [-0.05, 0) is 58.7 Å². The lowest BCUT2D eigenvalue weighted by Crippen LogP contribution is -2.41. The smallest absolute Gasteiger partial charge is 0.191 e. The maximum atomic E-state index is 4.71. The van der Waals surface area contributed by atoms with Crippen LogP contribution in [-0.4, -0.2) is 61.7 Å². The molecule has 0 aliphatic heterocycles. The number of hydrogen-bond donors (Lipinski definition) is 2. The average molecular weight is 363 g/mol. The molecule has 0 aliphatic carbocycles. The highest BCUT2D eigenvalue weighted by Gasteiger charge is 2.12. The first-order valence-corrected chi connectivity index (χ1v) is 9.75. The lowest BCUT2D eigenvalue weighted by atomic mass is 10.2. The Morgan fingerprint density at radius 2 is 1.85 bits per heavy atom. The molecule has 1 heterocycles. The van der Waals surface area contributed by atoms with Gasteiger partial charge < -0.3 is 15.5 Å². The molecule has 2 N–H and O–H groups in total. The van der Waals surface area contributed by atoms with E-state index in [2.05, 4.69) is 61.2 Å². The largest absolute Gasteiger partial charge is 0.363 e. The molecule has 0 aromatic carbocycles. The van der Waals surface area contributed by atoms with Crippen molar-refractivity contribution in [1.29, 1.82) is 0 Å². The van der Waals surface area contributed by atoms with Gasteiger partial charge in [-0.15, -0.1) is 0 Å². The standard InChI is InChI=1S/C20H38N6/c1-8-21-20(23-11-9-13-26(16(2)3)17(4)5)24-15-18-10-12-22-19(14-18)25(6)7/h10,12,14,16-17H,8-9,11,13,15H2,1-7H3,(H2,21,23,24). The SMILES string of the molecule is CCNC(=NCc1ccnc(N(C)C)c1)NCCCN(C(C)C)C(C)C. The highest BCUT2D eigenvalue weighted by Crippen LogP contribution is 2.10. The third kappa shape index (κ3) is 8.04. The van der Waals surface area contributed by atoms with Crippen LogP contribution in [0, 0.1) is 0 Å². The molecule has 0 aliphatic rings. The van der Waals surface area contributed by atoms with E-state index >= 15 is 0 Å². The molecule has 0 saturated carbocycles. The van der Waals surface area contributed by atoms with E-state index in [-0.39, 0.29) is 0 Å². The molecular weight excluding hydrogens is 324 g/mol. The van der Waals surface area contributed by atoms with Crippen molar-refractivity contribution in [2.75, 3.05) is 38.6 Å². The van der Waals surface area contributed by atoms with Crippen molar-refractivity contribution in [2.45, 2.75) is 59.7 Å². The van der Waals surface area contributed by atoms with Crippen molar-refractivity contribution in [2.24, 2.45) is 4.99 Å². The Morgan fingerprint density at radius 3 is 2.42 bits per heavy atom. The Hall–Kier alpha value is -1.82. The number of nitrogens with zero attached hydrogens (tertiary/aromatic N) is 4. The summed E-state index contributed by atoms with van der Waals surface area (Å²) in [5, 5.41) is 6.77. The maximum absolute atomic E-state index is 4.71. The number of aliphatic imine (C=N–C) groups is 1. The van der Waals surface area contributed by atoms with Gasteiger partial charge in [0.1, 0.15) is 5.82 Å².